The summed E-state index contributed by atoms with van der Waals surface area (Å²) in [6, 6.07) is 3.91. The van der Waals surface area contributed by atoms with Gasteiger partial charge in [-0.3, -0.25) is 4.79 Å². The Morgan fingerprint density at radius 3 is 2.50 bits per heavy atom. The number of hydrogen-bond acceptors (Lipinski definition) is 2. The normalized spacial score (nSPS) is 12.6. The van der Waals surface area contributed by atoms with Gasteiger partial charge in [-0.25, -0.2) is 4.39 Å². The molecule has 1 aromatic rings. The average molecular weight is 318 g/mol. The maximum Gasteiger partial charge on any atom is 0.255 e. The predicted molar refractivity (Wildman–Crippen MR) is 72.0 cm³/mol. The lowest BCUT2D eigenvalue weighted by Crippen LogP contribution is -2.41. The Labute approximate surface area is 115 Å². The fourth-order valence-corrected chi connectivity index (χ4v) is 2.15. The summed E-state index contributed by atoms with van der Waals surface area (Å²) in [5.41, 5.74) is 0.394. The van der Waals surface area contributed by atoms with Crippen LogP contribution in [-0.2, 0) is 0 Å². The minimum atomic E-state index is -0.601. The van der Waals surface area contributed by atoms with Crippen molar-refractivity contribution in [2.75, 3.05) is 6.54 Å². The highest BCUT2D eigenvalue weighted by molar-refractivity contribution is 9.10. The van der Waals surface area contributed by atoms with Crippen molar-refractivity contribution in [2.45, 2.75) is 32.9 Å². The van der Waals surface area contributed by atoms with Crippen LogP contribution in [0, 0.1) is 5.82 Å². The molecule has 1 aromatic carbocycles. The van der Waals surface area contributed by atoms with Crippen molar-refractivity contribution in [3.63, 3.8) is 0 Å². The van der Waals surface area contributed by atoms with E-state index in [9.17, 15) is 14.3 Å². The highest BCUT2D eigenvalue weighted by atomic mass is 79.9. The molecular weight excluding hydrogens is 301 g/mol. The Morgan fingerprint density at radius 1 is 1.44 bits per heavy atom. The minimum Gasteiger partial charge on any atom is -0.392 e. The van der Waals surface area contributed by atoms with Gasteiger partial charge in [-0.05, 0) is 54.9 Å². The van der Waals surface area contributed by atoms with E-state index in [1.807, 2.05) is 13.8 Å². The van der Waals surface area contributed by atoms with Gasteiger partial charge in [-0.2, -0.15) is 0 Å². The lowest BCUT2D eigenvalue weighted by atomic mass is 10.1. The first-order valence-corrected chi connectivity index (χ1v) is 6.56. The van der Waals surface area contributed by atoms with Crippen molar-refractivity contribution < 1.29 is 14.3 Å². The van der Waals surface area contributed by atoms with Crippen LogP contribution in [0.4, 0.5) is 4.39 Å². The standard InChI is InChI=1S/C13H17BrFNO2/c1-8(2)16(7-9(3)17)13(18)11-5-4-10(15)6-12(11)14/h4-6,8-9,17H,7H2,1-3H3. The van der Waals surface area contributed by atoms with Crippen LogP contribution in [0.5, 0.6) is 0 Å². The van der Waals surface area contributed by atoms with Crippen LogP contribution in [0.2, 0.25) is 0 Å². The van der Waals surface area contributed by atoms with E-state index in [-0.39, 0.29) is 18.5 Å². The number of aliphatic hydroxyl groups is 1. The zero-order valence-electron chi connectivity index (χ0n) is 10.7. The van der Waals surface area contributed by atoms with E-state index in [0.29, 0.717) is 10.0 Å². The molecule has 1 amide bonds. The average Bonchev–Trinajstić information content (AvgIpc) is 2.24. The van der Waals surface area contributed by atoms with Crippen LogP contribution < -0.4 is 0 Å². The van der Waals surface area contributed by atoms with Crippen LogP contribution >= 0.6 is 15.9 Å². The molecule has 0 aromatic heterocycles. The maximum absolute atomic E-state index is 13.0. The third-order valence-corrected chi connectivity index (χ3v) is 3.16. The monoisotopic (exact) mass is 317 g/mol. The van der Waals surface area contributed by atoms with Crippen molar-refractivity contribution in [3.8, 4) is 0 Å². The molecule has 0 aliphatic heterocycles. The topological polar surface area (TPSA) is 40.5 Å². The molecule has 5 heteroatoms. The molecule has 0 radical (unpaired) electrons. The number of halogens is 2. The molecule has 0 bridgehead atoms. The smallest absolute Gasteiger partial charge is 0.255 e. The van der Waals surface area contributed by atoms with Gasteiger partial charge in [0.25, 0.3) is 5.91 Å². The van der Waals surface area contributed by atoms with Crippen LogP contribution in [0.25, 0.3) is 0 Å². The van der Waals surface area contributed by atoms with E-state index in [2.05, 4.69) is 15.9 Å². The van der Waals surface area contributed by atoms with Gasteiger partial charge in [-0.1, -0.05) is 0 Å². The first-order chi connectivity index (χ1) is 8.32. The van der Waals surface area contributed by atoms with Gasteiger partial charge < -0.3 is 10.0 Å². The molecule has 18 heavy (non-hydrogen) atoms. The molecule has 0 aliphatic rings. The second-order valence-corrected chi connectivity index (χ2v) is 5.38. The van der Waals surface area contributed by atoms with Crippen LogP contribution in [0.3, 0.4) is 0 Å². The van der Waals surface area contributed by atoms with Crippen LogP contribution in [-0.4, -0.2) is 34.6 Å². The Morgan fingerprint density at radius 2 is 2.06 bits per heavy atom. The maximum atomic E-state index is 13.0. The molecule has 0 saturated carbocycles. The highest BCUT2D eigenvalue weighted by Gasteiger charge is 2.22. The van der Waals surface area contributed by atoms with E-state index in [1.54, 1.807) is 11.8 Å². The van der Waals surface area contributed by atoms with Crippen LogP contribution in [0.1, 0.15) is 31.1 Å². The Balaban J connectivity index is 3.02. The Hall–Kier alpha value is -0.940. The molecule has 0 aliphatic carbocycles. The minimum absolute atomic E-state index is 0.0379. The Bertz CT molecular complexity index is 435. The molecule has 1 N–H and O–H groups in total. The van der Waals surface area contributed by atoms with Gasteiger partial charge in [-0.15, -0.1) is 0 Å². The summed E-state index contributed by atoms with van der Waals surface area (Å²) < 4.78 is 13.4. The molecular formula is C13H17BrFNO2. The summed E-state index contributed by atoms with van der Waals surface area (Å²) >= 11 is 3.18. The lowest BCUT2D eigenvalue weighted by molar-refractivity contribution is 0.0578. The highest BCUT2D eigenvalue weighted by Crippen LogP contribution is 2.20. The van der Waals surface area contributed by atoms with Gasteiger partial charge in [0.15, 0.2) is 0 Å². The van der Waals surface area contributed by atoms with Crippen molar-refractivity contribution in [3.05, 3.63) is 34.1 Å². The Kier molecular flexibility index (Phi) is 5.28. The zero-order chi connectivity index (χ0) is 13.9. The number of aliphatic hydroxyl groups excluding tert-OH is 1. The number of benzene rings is 1. The van der Waals surface area contributed by atoms with Crippen LogP contribution in [0.15, 0.2) is 22.7 Å². The second kappa shape index (κ2) is 6.29. The number of carbonyl (C=O) groups excluding carboxylic acids is 1. The fraction of sp³-hybridized carbons (Fsp3) is 0.462. The SMILES string of the molecule is CC(O)CN(C(=O)c1ccc(F)cc1Br)C(C)C. The lowest BCUT2D eigenvalue weighted by Gasteiger charge is -2.28. The van der Waals surface area contributed by atoms with Crippen molar-refractivity contribution >= 4 is 21.8 Å². The molecule has 1 atom stereocenters. The largest absolute Gasteiger partial charge is 0.392 e. The molecule has 0 spiro atoms. The van der Waals surface area contributed by atoms with E-state index >= 15 is 0 Å². The van der Waals surface area contributed by atoms with Crippen molar-refractivity contribution in [1.82, 2.24) is 4.90 Å². The number of amides is 1. The number of hydrogen-bond donors (Lipinski definition) is 1. The molecule has 0 heterocycles. The summed E-state index contributed by atoms with van der Waals surface area (Å²) in [5, 5.41) is 9.42. The van der Waals surface area contributed by atoms with Gasteiger partial charge in [0.1, 0.15) is 5.82 Å². The first kappa shape index (κ1) is 15.1. The molecule has 1 unspecified atom stereocenters. The first-order valence-electron chi connectivity index (χ1n) is 5.77. The second-order valence-electron chi connectivity index (χ2n) is 4.52. The third-order valence-electron chi connectivity index (χ3n) is 2.51. The molecule has 3 nitrogen and oxygen atoms in total. The third kappa shape index (κ3) is 3.78. The van der Waals surface area contributed by atoms with Gasteiger partial charge in [0.2, 0.25) is 0 Å². The number of rotatable bonds is 4. The van der Waals surface area contributed by atoms with Gasteiger partial charge in [0.05, 0.1) is 11.7 Å². The summed E-state index contributed by atoms with van der Waals surface area (Å²) in [6.45, 7) is 5.62. The van der Waals surface area contributed by atoms with Gasteiger partial charge in [0, 0.05) is 17.1 Å². The predicted octanol–water partition coefficient (Wildman–Crippen LogP) is 2.82. The number of nitrogens with zero attached hydrogens (tertiary/aromatic N) is 1. The summed E-state index contributed by atoms with van der Waals surface area (Å²) in [6.07, 6.45) is -0.601. The molecule has 100 valence electrons. The molecule has 1 rings (SSSR count). The quantitative estimate of drug-likeness (QED) is 0.927. The summed E-state index contributed by atoms with van der Waals surface area (Å²) in [5.74, 6) is -0.622. The van der Waals surface area contributed by atoms with E-state index in [4.69, 9.17) is 0 Å². The van der Waals surface area contributed by atoms with E-state index < -0.39 is 11.9 Å². The van der Waals surface area contributed by atoms with Crippen molar-refractivity contribution in [2.24, 2.45) is 0 Å². The fourth-order valence-electron chi connectivity index (χ4n) is 1.63. The summed E-state index contributed by atoms with van der Waals surface area (Å²) in [7, 11) is 0. The van der Waals surface area contributed by atoms with E-state index in [1.165, 1.54) is 18.2 Å². The number of carbonyl (C=O) groups is 1. The zero-order valence-corrected chi connectivity index (χ0v) is 12.2. The van der Waals surface area contributed by atoms with Crippen molar-refractivity contribution in [1.29, 1.82) is 0 Å². The van der Waals surface area contributed by atoms with Gasteiger partial charge >= 0.3 is 0 Å². The molecule has 0 saturated heterocycles. The van der Waals surface area contributed by atoms with E-state index in [0.717, 1.165) is 0 Å². The molecule has 0 fully saturated rings. The summed E-state index contributed by atoms with van der Waals surface area (Å²) in [4.78, 5) is 13.9.